The van der Waals surface area contributed by atoms with Crippen LogP contribution >= 0.6 is 0 Å². The first-order valence-corrected chi connectivity index (χ1v) is 10.6. The van der Waals surface area contributed by atoms with Crippen LogP contribution in [0.1, 0.15) is 38.1 Å². The van der Waals surface area contributed by atoms with E-state index in [0.29, 0.717) is 11.7 Å². The second-order valence-corrected chi connectivity index (χ2v) is 7.20. The molecule has 164 valence electrons. The van der Waals surface area contributed by atoms with Crippen LogP contribution in [-0.4, -0.2) is 36.2 Å². The third-order valence-corrected chi connectivity index (χ3v) is 5.44. The number of methoxy groups -OCH3 is 1. The minimum atomic E-state index is -0.0903. The second-order valence-electron chi connectivity index (χ2n) is 7.20. The molecule has 0 radical (unpaired) electrons. The molecule has 0 aliphatic carbocycles. The molecule has 0 aliphatic rings. The van der Waals surface area contributed by atoms with E-state index in [1.165, 1.54) is 6.33 Å². The molecule has 0 fully saturated rings. The van der Waals surface area contributed by atoms with E-state index >= 15 is 0 Å². The summed E-state index contributed by atoms with van der Waals surface area (Å²) in [6, 6.07) is 12.1. The number of fused-ring (bicyclic) bond motifs is 2. The summed E-state index contributed by atoms with van der Waals surface area (Å²) in [4.78, 5) is 13.0. The fraction of sp³-hybridized carbons (Fsp3) is 0.250. The molecule has 0 saturated carbocycles. The third kappa shape index (κ3) is 3.43. The maximum absolute atomic E-state index is 6.09. The molecule has 1 atom stereocenters. The summed E-state index contributed by atoms with van der Waals surface area (Å²) in [6.45, 7) is 8.04. The first-order valence-electron chi connectivity index (χ1n) is 10.6. The van der Waals surface area contributed by atoms with Crippen molar-refractivity contribution in [3.8, 4) is 17.1 Å². The average molecular weight is 430 g/mol. The summed E-state index contributed by atoms with van der Waals surface area (Å²) in [7, 11) is 1.61. The fourth-order valence-corrected chi connectivity index (χ4v) is 3.98. The van der Waals surface area contributed by atoms with Gasteiger partial charge in [-0.25, -0.2) is 19.6 Å². The number of nitrogens with two attached hydrogens (primary N) is 1. The summed E-state index contributed by atoms with van der Waals surface area (Å²) in [5.41, 5.74) is 11.9. The molecule has 5 rings (SSSR count). The van der Waals surface area contributed by atoms with Crippen molar-refractivity contribution in [2.75, 3.05) is 12.8 Å². The molecule has 32 heavy (non-hydrogen) atoms. The minimum Gasteiger partial charge on any atom is -0.481 e. The van der Waals surface area contributed by atoms with Gasteiger partial charge in [-0.15, -0.1) is 0 Å². The molecule has 0 saturated heterocycles. The highest BCUT2D eigenvalue weighted by molar-refractivity contribution is 5.88. The lowest BCUT2D eigenvalue weighted by atomic mass is 10.0. The topological polar surface area (TPSA) is 96.2 Å². The average Bonchev–Trinajstić information content (AvgIpc) is 3.39. The Morgan fingerprint density at radius 3 is 2.59 bits per heavy atom. The van der Waals surface area contributed by atoms with Crippen LogP contribution < -0.4 is 10.5 Å². The van der Waals surface area contributed by atoms with Crippen molar-refractivity contribution in [3.63, 3.8) is 0 Å². The first kappa shape index (κ1) is 21.3. The SMILES string of the molecule is CC.COc1ccc(-c2c(C(C)n3nc(C)c4c(N)ncnc43)cc3ccccn23)cn1. The Labute approximate surface area is 186 Å². The highest BCUT2D eigenvalue weighted by Crippen LogP contribution is 2.35. The quantitative estimate of drug-likeness (QED) is 0.446. The predicted octanol–water partition coefficient (Wildman–Crippen LogP) is 4.68. The van der Waals surface area contributed by atoms with Crippen LogP contribution in [0.15, 0.2) is 55.1 Å². The van der Waals surface area contributed by atoms with Gasteiger partial charge in [0.05, 0.1) is 29.9 Å². The van der Waals surface area contributed by atoms with Gasteiger partial charge in [0, 0.05) is 35.1 Å². The van der Waals surface area contributed by atoms with E-state index in [0.717, 1.165) is 39.1 Å². The van der Waals surface area contributed by atoms with E-state index in [9.17, 15) is 0 Å². The zero-order valence-electron chi connectivity index (χ0n) is 18.9. The maximum atomic E-state index is 6.09. The summed E-state index contributed by atoms with van der Waals surface area (Å²) >= 11 is 0. The largest absolute Gasteiger partial charge is 0.481 e. The van der Waals surface area contributed by atoms with Crippen LogP contribution in [0.5, 0.6) is 5.88 Å². The lowest BCUT2D eigenvalue weighted by molar-refractivity contribution is 0.398. The van der Waals surface area contributed by atoms with Gasteiger partial charge in [-0.05, 0) is 38.1 Å². The van der Waals surface area contributed by atoms with E-state index in [4.69, 9.17) is 15.6 Å². The van der Waals surface area contributed by atoms with E-state index in [-0.39, 0.29) is 6.04 Å². The molecule has 0 spiro atoms. The Hall–Kier alpha value is -3.94. The number of nitrogens with zero attached hydrogens (tertiary/aromatic N) is 6. The van der Waals surface area contributed by atoms with Crippen LogP contribution in [0.3, 0.4) is 0 Å². The van der Waals surface area contributed by atoms with Gasteiger partial charge < -0.3 is 14.9 Å². The second kappa shape index (κ2) is 8.66. The van der Waals surface area contributed by atoms with E-state index < -0.39 is 0 Å². The molecule has 0 amide bonds. The molecular weight excluding hydrogens is 402 g/mol. The molecular formula is C24H27N7O. The number of nitrogen functional groups attached to an aromatic ring is 1. The van der Waals surface area contributed by atoms with Crippen molar-refractivity contribution >= 4 is 22.4 Å². The third-order valence-electron chi connectivity index (χ3n) is 5.44. The summed E-state index contributed by atoms with van der Waals surface area (Å²) in [5, 5.41) is 5.54. The number of rotatable bonds is 4. The van der Waals surface area contributed by atoms with Crippen LogP contribution in [0.25, 0.3) is 27.8 Å². The first-order chi connectivity index (χ1) is 15.6. The van der Waals surface area contributed by atoms with Gasteiger partial charge >= 0.3 is 0 Å². The van der Waals surface area contributed by atoms with Crippen LogP contribution in [0, 0.1) is 6.92 Å². The van der Waals surface area contributed by atoms with Crippen molar-refractivity contribution in [2.45, 2.75) is 33.7 Å². The smallest absolute Gasteiger partial charge is 0.212 e. The van der Waals surface area contributed by atoms with Gasteiger partial charge in [-0.2, -0.15) is 5.10 Å². The minimum absolute atomic E-state index is 0.0903. The van der Waals surface area contributed by atoms with Crippen molar-refractivity contribution < 1.29 is 4.74 Å². The normalized spacial score (nSPS) is 11.9. The lowest BCUT2D eigenvalue weighted by Gasteiger charge is -2.15. The number of pyridine rings is 2. The fourth-order valence-electron chi connectivity index (χ4n) is 3.98. The van der Waals surface area contributed by atoms with E-state index in [1.54, 1.807) is 7.11 Å². The van der Waals surface area contributed by atoms with Gasteiger partial charge in [-0.1, -0.05) is 19.9 Å². The number of aryl methyl sites for hydroxylation is 1. The molecule has 8 nitrogen and oxygen atoms in total. The van der Waals surface area contributed by atoms with Crippen molar-refractivity contribution in [1.82, 2.24) is 29.1 Å². The standard InChI is InChI=1S/C22H21N7O.C2H6/c1-13-19-21(23)25-12-26-22(19)29(27-13)14(2)17-10-16-6-4-5-9-28(16)20(17)15-7-8-18(30-3)24-11-15;1-2/h4-12,14H,1-3H3,(H2,23,25,26);1-2H3. The molecule has 0 aliphatic heterocycles. The number of anilines is 1. The van der Waals surface area contributed by atoms with Crippen LogP contribution in [-0.2, 0) is 0 Å². The Kier molecular flexibility index (Phi) is 5.77. The highest BCUT2D eigenvalue weighted by atomic mass is 16.5. The Balaban J connectivity index is 0.00000119. The van der Waals surface area contributed by atoms with Gasteiger partial charge in [0.1, 0.15) is 12.1 Å². The summed E-state index contributed by atoms with van der Waals surface area (Å²) in [5.74, 6) is 1.02. The van der Waals surface area contributed by atoms with E-state index in [1.807, 2.05) is 55.9 Å². The number of ether oxygens (including phenoxy) is 1. The van der Waals surface area contributed by atoms with Crippen molar-refractivity contribution in [1.29, 1.82) is 0 Å². The van der Waals surface area contributed by atoms with Crippen LogP contribution in [0.2, 0.25) is 0 Å². The molecule has 0 aromatic carbocycles. The molecule has 0 bridgehead atoms. The lowest BCUT2D eigenvalue weighted by Crippen LogP contribution is -2.10. The van der Waals surface area contributed by atoms with Gasteiger partial charge in [0.15, 0.2) is 5.65 Å². The number of hydrogen-bond donors (Lipinski definition) is 1. The zero-order valence-corrected chi connectivity index (χ0v) is 18.9. The Morgan fingerprint density at radius 2 is 1.88 bits per heavy atom. The molecule has 5 heterocycles. The van der Waals surface area contributed by atoms with E-state index in [2.05, 4.69) is 44.6 Å². The van der Waals surface area contributed by atoms with Crippen molar-refractivity contribution in [3.05, 3.63) is 66.4 Å². The highest BCUT2D eigenvalue weighted by Gasteiger charge is 2.23. The zero-order chi connectivity index (χ0) is 22.8. The molecule has 2 N–H and O–H groups in total. The van der Waals surface area contributed by atoms with Gasteiger partial charge in [0.2, 0.25) is 5.88 Å². The monoisotopic (exact) mass is 429 g/mol. The Morgan fingerprint density at radius 1 is 1.06 bits per heavy atom. The molecule has 1 unspecified atom stereocenters. The number of hydrogen-bond acceptors (Lipinski definition) is 6. The van der Waals surface area contributed by atoms with Crippen molar-refractivity contribution in [2.24, 2.45) is 0 Å². The predicted molar refractivity (Wildman–Crippen MR) is 127 cm³/mol. The van der Waals surface area contributed by atoms with Gasteiger partial charge in [0.25, 0.3) is 0 Å². The summed E-state index contributed by atoms with van der Waals surface area (Å²) in [6.07, 6.45) is 5.36. The number of aromatic nitrogens is 6. The molecule has 8 heteroatoms. The molecule has 5 aromatic heterocycles. The van der Waals surface area contributed by atoms with Gasteiger partial charge in [-0.3, -0.25) is 0 Å². The summed E-state index contributed by atoms with van der Waals surface area (Å²) < 4.78 is 9.30. The Bertz CT molecular complexity index is 1370. The molecule has 5 aromatic rings. The van der Waals surface area contributed by atoms with Crippen LogP contribution in [0.4, 0.5) is 5.82 Å². The maximum Gasteiger partial charge on any atom is 0.212 e.